The van der Waals surface area contributed by atoms with Crippen molar-refractivity contribution in [3.05, 3.63) is 0 Å². The minimum absolute atomic E-state index is 1.12. The molecule has 3 rings (SSSR count). The molecule has 0 aliphatic heterocycles. The van der Waals surface area contributed by atoms with Crippen molar-refractivity contribution in [2.24, 2.45) is 35.5 Å². The summed E-state index contributed by atoms with van der Waals surface area (Å²) in [4.78, 5) is 0. The van der Waals surface area contributed by atoms with Gasteiger partial charge in [0.25, 0.3) is 0 Å². The molecule has 2 bridgehead atoms. The Bertz CT molecular complexity index is 218. The van der Waals surface area contributed by atoms with Crippen LogP contribution in [0.25, 0.3) is 0 Å². The van der Waals surface area contributed by atoms with E-state index in [9.17, 15) is 0 Å². The van der Waals surface area contributed by atoms with Gasteiger partial charge in [0.05, 0.1) is 0 Å². The topological polar surface area (TPSA) is 0 Å². The lowest BCUT2D eigenvalue weighted by atomic mass is 9.72. The van der Waals surface area contributed by atoms with Crippen LogP contribution in [0.4, 0.5) is 0 Å². The third-order valence-corrected chi connectivity index (χ3v) is 5.84. The first-order chi connectivity index (χ1) is 6.85. The summed E-state index contributed by atoms with van der Waals surface area (Å²) in [6.07, 6.45) is 9.28. The van der Waals surface area contributed by atoms with Crippen molar-refractivity contribution >= 4 is 0 Å². The Morgan fingerprint density at radius 2 is 1.64 bits per heavy atom. The molecule has 3 fully saturated rings. The van der Waals surface area contributed by atoms with Gasteiger partial charge in [0.1, 0.15) is 0 Å². The average molecular weight is 192 g/mol. The van der Waals surface area contributed by atoms with E-state index in [0.29, 0.717) is 0 Å². The first-order valence-corrected chi connectivity index (χ1v) is 6.85. The van der Waals surface area contributed by atoms with E-state index in [0.717, 1.165) is 23.7 Å². The van der Waals surface area contributed by atoms with Crippen LogP contribution in [0.15, 0.2) is 0 Å². The molecule has 0 aromatic rings. The van der Waals surface area contributed by atoms with E-state index in [1.165, 1.54) is 24.7 Å². The maximum absolute atomic E-state index is 2.41. The van der Waals surface area contributed by atoms with Crippen LogP contribution in [0.3, 0.4) is 0 Å². The second-order valence-corrected chi connectivity index (χ2v) is 6.05. The second kappa shape index (κ2) is 3.25. The van der Waals surface area contributed by atoms with Gasteiger partial charge in [-0.2, -0.15) is 0 Å². The molecular weight excluding hydrogens is 168 g/mol. The lowest BCUT2D eigenvalue weighted by Crippen LogP contribution is -2.26. The number of hydrogen-bond donors (Lipinski definition) is 0. The summed E-state index contributed by atoms with van der Waals surface area (Å²) in [7, 11) is 0. The van der Waals surface area contributed by atoms with Crippen LogP contribution in [0.1, 0.15) is 52.4 Å². The van der Waals surface area contributed by atoms with Crippen LogP contribution < -0.4 is 0 Å². The van der Waals surface area contributed by atoms with Crippen molar-refractivity contribution in [3.63, 3.8) is 0 Å². The third kappa shape index (κ3) is 1.06. The Morgan fingerprint density at radius 3 is 2.36 bits per heavy atom. The molecule has 0 radical (unpaired) electrons. The van der Waals surface area contributed by atoms with Gasteiger partial charge in [0, 0.05) is 0 Å². The first-order valence-electron chi connectivity index (χ1n) is 6.85. The van der Waals surface area contributed by atoms with E-state index in [1.54, 1.807) is 25.7 Å². The van der Waals surface area contributed by atoms with Gasteiger partial charge >= 0.3 is 0 Å². The zero-order valence-electron chi connectivity index (χ0n) is 9.71. The van der Waals surface area contributed by atoms with Gasteiger partial charge in [-0.15, -0.1) is 0 Å². The maximum Gasteiger partial charge on any atom is -0.0326 e. The van der Waals surface area contributed by atoms with Gasteiger partial charge in [-0.25, -0.2) is 0 Å². The standard InChI is InChI=1S/C14H24/c1-3-9-5-6-12-13-8-11(14(9)12)7-10(13)4-2/h9-14H,3-8H2,1-2H3. The average Bonchev–Trinajstić information content (AvgIpc) is 2.87. The van der Waals surface area contributed by atoms with Crippen LogP contribution in [0, 0.1) is 35.5 Å². The van der Waals surface area contributed by atoms with Crippen molar-refractivity contribution in [2.45, 2.75) is 52.4 Å². The molecule has 3 aliphatic carbocycles. The van der Waals surface area contributed by atoms with E-state index in [1.807, 2.05) is 0 Å². The zero-order valence-corrected chi connectivity index (χ0v) is 9.71. The molecule has 0 saturated heterocycles. The SMILES string of the molecule is CCC1CC2CC1C1CCC(CC)C21. The highest BCUT2D eigenvalue weighted by Gasteiger charge is 2.55. The fraction of sp³-hybridized carbons (Fsp3) is 1.00. The summed E-state index contributed by atoms with van der Waals surface area (Å²) in [5.41, 5.74) is 0. The van der Waals surface area contributed by atoms with Crippen molar-refractivity contribution in [1.29, 1.82) is 0 Å². The molecule has 80 valence electrons. The highest BCUT2D eigenvalue weighted by molar-refractivity contribution is 5.04. The molecule has 0 spiro atoms. The molecule has 0 amide bonds. The summed E-state index contributed by atoms with van der Waals surface area (Å²) in [6, 6.07) is 0. The smallest absolute Gasteiger partial charge is 0.0326 e. The van der Waals surface area contributed by atoms with Gasteiger partial charge in [-0.1, -0.05) is 26.7 Å². The molecule has 0 heteroatoms. The minimum Gasteiger partial charge on any atom is -0.0651 e. The van der Waals surface area contributed by atoms with Crippen LogP contribution in [0.2, 0.25) is 0 Å². The Balaban J connectivity index is 1.80. The molecule has 0 nitrogen and oxygen atoms in total. The molecular formula is C14H24. The molecule has 3 aliphatic rings. The van der Waals surface area contributed by atoms with Gasteiger partial charge in [0.2, 0.25) is 0 Å². The first kappa shape index (κ1) is 9.24. The number of rotatable bonds is 2. The van der Waals surface area contributed by atoms with E-state index < -0.39 is 0 Å². The summed E-state index contributed by atoms with van der Waals surface area (Å²) in [6.45, 7) is 4.82. The fourth-order valence-corrected chi connectivity index (χ4v) is 5.36. The summed E-state index contributed by atoms with van der Waals surface area (Å²) >= 11 is 0. The maximum atomic E-state index is 2.41. The zero-order chi connectivity index (χ0) is 9.71. The van der Waals surface area contributed by atoms with E-state index >= 15 is 0 Å². The lowest BCUT2D eigenvalue weighted by molar-refractivity contribution is 0.155. The molecule has 14 heavy (non-hydrogen) atoms. The Morgan fingerprint density at radius 1 is 0.857 bits per heavy atom. The fourth-order valence-electron chi connectivity index (χ4n) is 5.36. The second-order valence-electron chi connectivity index (χ2n) is 6.05. The summed E-state index contributed by atoms with van der Waals surface area (Å²) in [5.74, 6) is 6.90. The number of hydrogen-bond acceptors (Lipinski definition) is 0. The molecule has 6 atom stereocenters. The van der Waals surface area contributed by atoms with Crippen LogP contribution in [-0.4, -0.2) is 0 Å². The van der Waals surface area contributed by atoms with Crippen LogP contribution >= 0.6 is 0 Å². The minimum atomic E-state index is 1.12. The van der Waals surface area contributed by atoms with Crippen LogP contribution in [-0.2, 0) is 0 Å². The molecule has 6 unspecified atom stereocenters. The number of fused-ring (bicyclic) bond motifs is 5. The van der Waals surface area contributed by atoms with Crippen molar-refractivity contribution in [2.75, 3.05) is 0 Å². The lowest BCUT2D eigenvalue weighted by Gasteiger charge is -2.33. The predicted molar refractivity (Wildman–Crippen MR) is 60.0 cm³/mol. The van der Waals surface area contributed by atoms with Gasteiger partial charge < -0.3 is 0 Å². The van der Waals surface area contributed by atoms with Crippen molar-refractivity contribution in [1.82, 2.24) is 0 Å². The third-order valence-electron chi connectivity index (χ3n) is 5.84. The normalized spacial score (nSPS) is 55.3. The Hall–Kier alpha value is 0. The van der Waals surface area contributed by atoms with E-state index in [-0.39, 0.29) is 0 Å². The van der Waals surface area contributed by atoms with E-state index in [4.69, 9.17) is 0 Å². The van der Waals surface area contributed by atoms with E-state index in [2.05, 4.69) is 13.8 Å². The summed E-state index contributed by atoms with van der Waals surface area (Å²) < 4.78 is 0. The highest BCUT2D eigenvalue weighted by Crippen LogP contribution is 2.63. The predicted octanol–water partition coefficient (Wildman–Crippen LogP) is 4.10. The molecule has 0 aromatic heterocycles. The van der Waals surface area contributed by atoms with Crippen LogP contribution in [0.5, 0.6) is 0 Å². The largest absolute Gasteiger partial charge is 0.0651 e. The van der Waals surface area contributed by atoms with Crippen molar-refractivity contribution < 1.29 is 0 Å². The molecule has 0 heterocycles. The Labute approximate surface area is 88.5 Å². The van der Waals surface area contributed by atoms with Gasteiger partial charge in [-0.3, -0.25) is 0 Å². The Kier molecular flexibility index (Phi) is 2.15. The van der Waals surface area contributed by atoms with Gasteiger partial charge in [-0.05, 0) is 61.2 Å². The highest BCUT2D eigenvalue weighted by atomic mass is 14.6. The molecule has 0 N–H and O–H groups in total. The van der Waals surface area contributed by atoms with Gasteiger partial charge in [0.15, 0.2) is 0 Å². The molecule has 3 saturated carbocycles. The quantitative estimate of drug-likeness (QED) is 0.618. The monoisotopic (exact) mass is 192 g/mol. The summed E-state index contributed by atoms with van der Waals surface area (Å²) in [5, 5.41) is 0. The molecule has 0 aromatic carbocycles. The van der Waals surface area contributed by atoms with Crippen molar-refractivity contribution in [3.8, 4) is 0 Å².